The second-order valence-corrected chi connectivity index (χ2v) is 3.72. The number of aromatic nitrogens is 4. The Morgan fingerprint density at radius 1 is 1.16 bits per heavy atom. The number of rotatable bonds is 5. The second-order valence-electron chi connectivity index (χ2n) is 3.72. The van der Waals surface area contributed by atoms with Crippen molar-refractivity contribution in [3.8, 4) is 6.01 Å². The molecule has 2 aromatic rings. The van der Waals surface area contributed by atoms with E-state index in [1.807, 2.05) is 13.8 Å². The highest BCUT2D eigenvalue weighted by molar-refractivity contribution is 5.34. The van der Waals surface area contributed by atoms with Crippen LogP contribution in [-0.2, 0) is 6.54 Å². The molecular formula is C10H15N7O2. The molecule has 0 bridgehead atoms. The molecule has 2 aromatic heterocycles. The molecular weight excluding hydrogens is 250 g/mol. The van der Waals surface area contributed by atoms with Gasteiger partial charge in [-0.3, -0.25) is 5.43 Å². The molecule has 0 aliphatic rings. The summed E-state index contributed by atoms with van der Waals surface area (Å²) in [5.41, 5.74) is 3.19. The van der Waals surface area contributed by atoms with E-state index in [4.69, 9.17) is 15.0 Å². The monoisotopic (exact) mass is 265 g/mol. The molecule has 0 amide bonds. The van der Waals surface area contributed by atoms with Gasteiger partial charge in [0.05, 0.1) is 19.3 Å². The molecule has 2 heterocycles. The maximum Gasteiger partial charge on any atom is 0.322 e. The number of hydrazine groups is 1. The summed E-state index contributed by atoms with van der Waals surface area (Å²) in [4.78, 5) is 16.2. The Balaban J connectivity index is 2.10. The van der Waals surface area contributed by atoms with E-state index in [2.05, 4.69) is 30.7 Å². The second kappa shape index (κ2) is 5.48. The molecule has 0 fully saturated rings. The predicted octanol–water partition coefficient (Wildman–Crippen LogP) is 0.383. The van der Waals surface area contributed by atoms with Gasteiger partial charge in [0.15, 0.2) is 0 Å². The number of hydrogen-bond acceptors (Lipinski definition) is 9. The van der Waals surface area contributed by atoms with E-state index in [-0.39, 0.29) is 12.0 Å². The fourth-order valence-electron chi connectivity index (χ4n) is 1.36. The largest absolute Gasteiger partial charge is 0.467 e. The van der Waals surface area contributed by atoms with Gasteiger partial charge in [-0.1, -0.05) is 0 Å². The number of aryl methyl sites for hydroxylation is 2. The van der Waals surface area contributed by atoms with Crippen LogP contribution in [0, 0.1) is 13.8 Å². The van der Waals surface area contributed by atoms with E-state index < -0.39 is 0 Å². The van der Waals surface area contributed by atoms with Crippen LogP contribution in [0.4, 0.5) is 11.9 Å². The van der Waals surface area contributed by atoms with Crippen LogP contribution in [0.3, 0.4) is 0 Å². The third-order valence-electron chi connectivity index (χ3n) is 2.40. The highest BCUT2D eigenvalue weighted by Gasteiger charge is 2.08. The number of anilines is 2. The maximum absolute atomic E-state index is 5.43. The molecule has 102 valence electrons. The smallest absolute Gasteiger partial charge is 0.322 e. The van der Waals surface area contributed by atoms with Crippen LogP contribution in [0.1, 0.15) is 17.3 Å². The zero-order valence-corrected chi connectivity index (χ0v) is 10.9. The van der Waals surface area contributed by atoms with E-state index in [0.29, 0.717) is 18.4 Å². The van der Waals surface area contributed by atoms with E-state index in [9.17, 15) is 0 Å². The van der Waals surface area contributed by atoms with E-state index in [1.54, 1.807) is 0 Å². The Morgan fingerprint density at radius 2 is 1.89 bits per heavy atom. The first kappa shape index (κ1) is 13.0. The van der Waals surface area contributed by atoms with Gasteiger partial charge in [-0.05, 0) is 13.8 Å². The molecule has 19 heavy (non-hydrogen) atoms. The van der Waals surface area contributed by atoms with Crippen LogP contribution in [-0.4, -0.2) is 27.0 Å². The fourth-order valence-corrected chi connectivity index (χ4v) is 1.36. The Morgan fingerprint density at radius 3 is 2.47 bits per heavy atom. The van der Waals surface area contributed by atoms with Crippen molar-refractivity contribution in [3.63, 3.8) is 0 Å². The highest BCUT2D eigenvalue weighted by Crippen LogP contribution is 2.12. The predicted molar refractivity (Wildman–Crippen MR) is 67.5 cm³/mol. The van der Waals surface area contributed by atoms with Crippen molar-refractivity contribution in [1.82, 2.24) is 19.9 Å². The molecule has 2 rings (SSSR count). The number of nitrogens with one attached hydrogen (secondary N) is 2. The minimum absolute atomic E-state index is 0.158. The van der Waals surface area contributed by atoms with Gasteiger partial charge >= 0.3 is 6.01 Å². The van der Waals surface area contributed by atoms with Crippen molar-refractivity contribution in [3.05, 3.63) is 17.3 Å². The van der Waals surface area contributed by atoms with E-state index in [1.165, 1.54) is 7.11 Å². The number of ether oxygens (including phenoxy) is 1. The number of hydrogen-bond donors (Lipinski definition) is 3. The van der Waals surface area contributed by atoms with Crippen LogP contribution in [0.2, 0.25) is 0 Å². The Kier molecular flexibility index (Phi) is 3.76. The molecule has 0 radical (unpaired) electrons. The number of nitrogens with two attached hydrogens (primary N) is 1. The van der Waals surface area contributed by atoms with Crippen molar-refractivity contribution in [2.24, 2.45) is 5.84 Å². The molecule has 9 heteroatoms. The molecule has 4 N–H and O–H groups in total. The summed E-state index contributed by atoms with van der Waals surface area (Å²) in [6.07, 6.45) is 0. The van der Waals surface area contributed by atoms with Crippen LogP contribution < -0.4 is 21.3 Å². The van der Waals surface area contributed by atoms with Gasteiger partial charge in [0.1, 0.15) is 5.76 Å². The van der Waals surface area contributed by atoms with Crippen LogP contribution in [0.5, 0.6) is 6.01 Å². The SMILES string of the molecule is COc1nc(NN)nc(NCc2nc(C)c(C)o2)n1. The lowest BCUT2D eigenvalue weighted by Crippen LogP contribution is -2.14. The van der Waals surface area contributed by atoms with Gasteiger partial charge in [-0.2, -0.15) is 15.0 Å². The standard InChI is InChI=1S/C10H15N7O2/c1-5-6(2)19-7(13-5)4-12-8-14-9(17-11)16-10(15-8)18-3/h4,11H2,1-3H3,(H2,12,14,15,16,17). The number of nitrogens with zero attached hydrogens (tertiary/aromatic N) is 4. The van der Waals surface area contributed by atoms with E-state index in [0.717, 1.165) is 11.5 Å². The molecule has 0 spiro atoms. The summed E-state index contributed by atoms with van der Waals surface area (Å²) in [6.45, 7) is 4.09. The average molecular weight is 265 g/mol. The molecule has 9 nitrogen and oxygen atoms in total. The molecule has 0 aromatic carbocycles. The first-order valence-corrected chi connectivity index (χ1v) is 5.56. The van der Waals surface area contributed by atoms with E-state index >= 15 is 0 Å². The number of methoxy groups -OCH3 is 1. The summed E-state index contributed by atoms with van der Waals surface area (Å²) in [6, 6.07) is 0.158. The van der Waals surface area contributed by atoms with Crippen molar-refractivity contribution in [2.45, 2.75) is 20.4 Å². The Bertz CT molecular complexity index is 527. The van der Waals surface area contributed by atoms with Crippen LogP contribution in [0.25, 0.3) is 0 Å². The molecule has 0 saturated heterocycles. The van der Waals surface area contributed by atoms with Gasteiger partial charge in [0.2, 0.25) is 17.8 Å². The molecule has 0 atom stereocenters. The van der Waals surface area contributed by atoms with Crippen molar-refractivity contribution >= 4 is 11.9 Å². The lowest BCUT2D eigenvalue weighted by molar-refractivity contribution is 0.379. The minimum atomic E-state index is 0.158. The lowest BCUT2D eigenvalue weighted by atomic mass is 10.4. The molecule has 0 saturated carbocycles. The first-order valence-electron chi connectivity index (χ1n) is 5.56. The van der Waals surface area contributed by atoms with Crippen molar-refractivity contribution in [1.29, 1.82) is 0 Å². The maximum atomic E-state index is 5.43. The molecule has 0 unspecified atom stereocenters. The normalized spacial score (nSPS) is 10.3. The Hall–Kier alpha value is -2.42. The molecule has 0 aliphatic carbocycles. The third kappa shape index (κ3) is 3.07. The van der Waals surface area contributed by atoms with Gasteiger partial charge in [0.25, 0.3) is 0 Å². The van der Waals surface area contributed by atoms with Gasteiger partial charge in [0, 0.05) is 0 Å². The summed E-state index contributed by atoms with van der Waals surface area (Å²) >= 11 is 0. The number of oxazole rings is 1. The number of nitrogen functional groups attached to an aromatic ring is 1. The average Bonchev–Trinajstić information content (AvgIpc) is 2.75. The van der Waals surface area contributed by atoms with Crippen LogP contribution >= 0.6 is 0 Å². The topological polar surface area (TPSA) is 124 Å². The van der Waals surface area contributed by atoms with Crippen molar-refractivity contribution < 1.29 is 9.15 Å². The minimum Gasteiger partial charge on any atom is -0.467 e. The summed E-state index contributed by atoms with van der Waals surface area (Å²) in [7, 11) is 1.46. The summed E-state index contributed by atoms with van der Waals surface area (Å²) in [5, 5.41) is 2.96. The zero-order chi connectivity index (χ0) is 13.8. The lowest BCUT2D eigenvalue weighted by Gasteiger charge is -2.06. The highest BCUT2D eigenvalue weighted by atomic mass is 16.5. The summed E-state index contributed by atoms with van der Waals surface area (Å²) in [5.74, 6) is 7.11. The fraction of sp³-hybridized carbons (Fsp3) is 0.400. The zero-order valence-electron chi connectivity index (χ0n) is 10.9. The third-order valence-corrected chi connectivity index (χ3v) is 2.40. The van der Waals surface area contributed by atoms with Gasteiger partial charge in [-0.15, -0.1) is 0 Å². The summed E-state index contributed by atoms with van der Waals surface area (Å²) < 4.78 is 10.4. The first-order chi connectivity index (χ1) is 9.12. The van der Waals surface area contributed by atoms with Gasteiger partial charge in [-0.25, -0.2) is 10.8 Å². The van der Waals surface area contributed by atoms with Crippen molar-refractivity contribution in [2.75, 3.05) is 17.9 Å². The quantitative estimate of drug-likeness (QED) is 0.519. The van der Waals surface area contributed by atoms with Crippen LogP contribution in [0.15, 0.2) is 4.42 Å². The van der Waals surface area contributed by atoms with Gasteiger partial charge < -0.3 is 14.5 Å². The Labute approximate surface area is 109 Å². The molecule has 0 aliphatic heterocycles.